The molecule has 0 aliphatic carbocycles. The van der Waals surface area contributed by atoms with E-state index in [0.717, 1.165) is 0 Å². The van der Waals surface area contributed by atoms with Gasteiger partial charge < -0.3 is 14.6 Å². The molecule has 0 bridgehead atoms. The summed E-state index contributed by atoms with van der Waals surface area (Å²) in [6, 6.07) is 7.73. The van der Waals surface area contributed by atoms with Crippen molar-refractivity contribution in [1.82, 2.24) is 0 Å². The Bertz CT molecular complexity index is 904. The van der Waals surface area contributed by atoms with Crippen LogP contribution in [0, 0.1) is 5.92 Å². The van der Waals surface area contributed by atoms with E-state index in [1.807, 2.05) is 0 Å². The highest BCUT2D eigenvalue weighted by Crippen LogP contribution is 2.44. The molecule has 3 rings (SSSR count). The molecule has 144 valence electrons. The molecule has 0 aromatic heterocycles. The van der Waals surface area contributed by atoms with E-state index in [4.69, 9.17) is 26.2 Å². The summed E-state index contributed by atoms with van der Waals surface area (Å²) in [5.41, 5.74) is 0.272. The minimum absolute atomic E-state index is 0.0870. The first-order valence-electron chi connectivity index (χ1n) is 7.48. The molecule has 2 atom stereocenters. The van der Waals surface area contributed by atoms with Gasteiger partial charge in [0.15, 0.2) is 0 Å². The zero-order valence-electron chi connectivity index (χ0n) is 13.2. The van der Waals surface area contributed by atoms with Crippen molar-refractivity contribution in [1.29, 1.82) is 0 Å². The van der Waals surface area contributed by atoms with Gasteiger partial charge in [-0.15, -0.1) is 0 Å². The number of benzene rings is 2. The summed E-state index contributed by atoms with van der Waals surface area (Å²) >= 11 is 12.8. The van der Waals surface area contributed by atoms with Crippen LogP contribution in [0.5, 0.6) is 17.2 Å². The molecule has 0 fully saturated rings. The third-order valence-corrected chi connectivity index (χ3v) is 6.26. The molecule has 0 radical (unpaired) electrons. The topological polar surface area (TPSA) is 55.8 Å². The third kappa shape index (κ3) is 4.20. The molecular weight excluding hydrogens is 520 g/mol. The van der Waals surface area contributed by atoms with Crippen molar-refractivity contribution in [2.24, 2.45) is 5.92 Å². The number of rotatable bonds is 3. The van der Waals surface area contributed by atoms with Gasteiger partial charge in [0, 0.05) is 10.5 Å². The minimum Gasteiger partial charge on any atom is -0.481 e. The van der Waals surface area contributed by atoms with Crippen molar-refractivity contribution in [3.8, 4) is 17.2 Å². The maximum absolute atomic E-state index is 13.2. The van der Waals surface area contributed by atoms with Crippen LogP contribution in [0.1, 0.15) is 5.56 Å². The van der Waals surface area contributed by atoms with Gasteiger partial charge in [-0.25, -0.2) is 0 Å². The monoisotopic (exact) mass is 528 g/mol. The molecule has 1 N–H and O–H groups in total. The van der Waals surface area contributed by atoms with E-state index in [1.54, 1.807) is 18.2 Å². The Morgan fingerprint density at radius 3 is 2.59 bits per heavy atom. The first kappa shape index (κ1) is 20.3. The number of carboxylic acid groups (broad SMARTS) is 1. The van der Waals surface area contributed by atoms with Crippen LogP contribution < -0.4 is 9.47 Å². The second-order valence-corrected chi connectivity index (χ2v) is 7.83. The summed E-state index contributed by atoms with van der Waals surface area (Å²) in [6.07, 6.45) is -7.63. The van der Waals surface area contributed by atoms with E-state index in [-0.39, 0.29) is 28.5 Å². The number of halogens is 6. The minimum atomic E-state index is -4.82. The van der Waals surface area contributed by atoms with Crippen LogP contribution in [-0.4, -0.2) is 23.4 Å². The van der Waals surface area contributed by atoms with E-state index in [2.05, 4.69) is 31.9 Å². The van der Waals surface area contributed by atoms with Crippen LogP contribution in [0.3, 0.4) is 0 Å². The van der Waals surface area contributed by atoms with Gasteiger partial charge in [0.05, 0.1) is 9.50 Å². The second-order valence-electron chi connectivity index (χ2n) is 5.77. The molecule has 0 saturated heterocycles. The Kier molecular flexibility index (Phi) is 5.65. The van der Waals surface area contributed by atoms with Gasteiger partial charge in [-0.1, -0.05) is 17.7 Å². The van der Waals surface area contributed by atoms with Gasteiger partial charge in [0.1, 0.15) is 23.2 Å². The largest absolute Gasteiger partial charge is 0.481 e. The summed E-state index contributed by atoms with van der Waals surface area (Å²) < 4.78 is 51.6. The maximum atomic E-state index is 13.2. The van der Waals surface area contributed by atoms with Crippen molar-refractivity contribution in [3.05, 3.63) is 49.9 Å². The highest BCUT2D eigenvalue weighted by atomic mass is 79.9. The predicted molar refractivity (Wildman–Crippen MR) is 98.7 cm³/mol. The summed E-state index contributed by atoms with van der Waals surface area (Å²) in [5, 5.41) is 9.25. The van der Waals surface area contributed by atoms with Crippen molar-refractivity contribution in [2.75, 3.05) is 0 Å². The van der Waals surface area contributed by atoms with Gasteiger partial charge >= 0.3 is 12.1 Å². The Morgan fingerprint density at radius 2 is 1.96 bits per heavy atom. The smallest absolute Gasteiger partial charge is 0.426 e. The number of alkyl halides is 3. The van der Waals surface area contributed by atoms with Crippen molar-refractivity contribution < 1.29 is 32.5 Å². The van der Waals surface area contributed by atoms with Crippen LogP contribution >= 0.6 is 43.5 Å². The summed E-state index contributed by atoms with van der Waals surface area (Å²) in [5.74, 6) is -2.97. The fourth-order valence-corrected chi connectivity index (χ4v) is 3.60. The number of ether oxygens (including phenoxy) is 2. The molecule has 2 aromatic carbocycles. The summed E-state index contributed by atoms with van der Waals surface area (Å²) in [4.78, 5) is 11.2. The zero-order chi connectivity index (χ0) is 19.9. The Hall–Kier alpha value is -1.45. The molecule has 1 heterocycles. The van der Waals surface area contributed by atoms with Crippen LogP contribution in [0.25, 0.3) is 0 Å². The first-order valence-corrected chi connectivity index (χ1v) is 9.44. The lowest BCUT2D eigenvalue weighted by molar-refractivity contribution is -0.217. The lowest BCUT2D eigenvalue weighted by atomic mass is 9.90. The molecular formula is C17H10Br2ClF3O4. The van der Waals surface area contributed by atoms with Gasteiger partial charge in [0.25, 0.3) is 0 Å². The van der Waals surface area contributed by atoms with Crippen molar-refractivity contribution >= 4 is 49.4 Å². The molecule has 2 aromatic rings. The molecule has 1 aliphatic rings. The van der Waals surface area contributed by atoms with Crippen LogP contribution in [0.2, 0.25) is 5.02 Å². The number of aliphatic carboxylic acids is 1. The lowest BCUT2D eigenvalue weighted by Gasteiger charge is -2.32. The standard InChI is InChI=1S/C17H10Br2ClF3O4/c18-9-2-1-3-11(14(9)19)26-13-6-12-7(5-10(13)20)4-8(16(24)25)15(27-12)17(21,22)23/h1-3,5-6,8,15H,4H2,(H,24,25). The second kappa shape index (κ2) is 7.52. The highest BCUT2D eigenvalue weighted by molar-refractivity contribution is 9.13. The SMILES string of the molecule is O=C(O)C1Cc2cc(Cl)c(Oc3cccc(Br)c3Br)cc2OC1C(F)(F)F. The molecule has 27 heavy (non-hydrogen) atoms. The normalized spacial score (nSPS) is 19.2. The van der Waals surface area contributed by atoms with Gasteiger partial charge in [0.2, 0.25) is 6.10 Å². The number of fused-ring (bicyclic) bond motifs is 1. The average Bonchev–Trinajstić information content (AvgIpc) is 2.57. The van der Waals surface area contributed by atoms with Crippen molar-refractivity contribution in [3.63, 3.8) is 0 Å². The first-order chi connectivity index (χ1) is 12.6. The van der Waals surface area contributed by atoms with Gasteiger partial charge in [-0.2, -0.15) is 13.2 Å². The Balaban J connectivity index is 1.98. The quantitative estimate of drug-likeness (QED) is 0.512. The van der Waals surface area contributed by atoms with Crippen LogP contribution in [-0.2, 0) is 11.2 Å². The Morgan fingerprint density at radius 1 is 1.26 bits per heavy atom. The predicted octanol–water partition coefficient (Wildman–Crippen LogP) is 6.22. The van der Waals surface area contributed by atoms with Crippen LogP contribution in [0.4, 0.5) is 13.2 Å². The lowest BCUT2D eigenvalue weighted by Crippen LogP contribution is -2.47. The van der Waals surface area contributed by atoms with Crippen LogP contribution in [0.15, 0.2) is 39.3 Å². The van der Waals surface area contributed by atoms with E-state index in [1.165, 1.54) is 12.1 Å². The molecule has 0 amide bonds. The third-order valence-electron chi connectivity index (χ3n) is 3.95. The molecule has 0 saturated carbocycles. The average molecular weight is 531 g/mol. The number of hydrogen-bond donors (Lipinski definition) is 1. The maximum Gasteiger partial charge on any atom is 0.426 e. The van der Waals surface area contributed by atoms with E-state index < -0.39 is 24.2 Å². The van der Waals surface area contributed by atoms with E-state index in [9.17, 15) is 18.0 Å². The summed E-state index contributed by atoms with van der Waals surface area (Å²) in [7, 11) is 0. The zero-order valence-corrected chi connectivity index (χ0v) is 17.1. The molecule has 2 unspecified atom stereocenters. The number of hydrogen-bond acceptors (Lipinski definition) is 3. The molecule has 4 nitrogen and oxygen atoms in total. The highest BCUT2D eigenvalue weighted by Gasteiger charge is 2.52. The van der Waals surface area contributed by atoms with E-state index >= 15 is 0 Å². The molecule has 10 heteroatoms. The van der Waals surface area contributed by atoms with Crippen molar-refractivity contribution in [2.45, 2.75) is 18.7 Å². The molecule has 1 aliphatic heterocycles. The summed E-state index contributed by atoms with van der Waals surface area (Å²) in [6.45, 7) is 0. The molecule has 0 spiro atoms. The van der Waals surface area contributed by atoms with Gasteiger partial charge in [-0.3, -0.25) is 4.79 Å². The van der Waals surface area contributed by atoms with E-state index in [0.29, 0.717) is 14.7 Å². The number of carbonyl (C=O) groups is 1. The fraction of sp³-hybridized carbons (Fsp3) is 0.235. The Labute approximate surface area is 173 Å². The number of carboxylic acids is 1. The fourth-order valence-electron chi connectivity index (χ4n) is 2.68. The van der Waals surface area contributed by atoms with Gasteiger partial charge in [-0.05, 0) is 62.0 Å².